The molecule has 0 saturated heterocycles. The van der Waals surface area contributed by atoms with E-state index in [4.69, 9.17) is 33.8 Å². The quantitative estimate of drug-likeness (QED) is 0.173. The van der Waals surface area contributed by atoms with Crippen molar-refractivity contribution in [3.8, 4) is 56.8 Å². The van der Waals surface area contributed by atoms with Gasteiger partial charge in [0.1, 0.15) is 22.3 Å². The van der Waals surface area contributed by atoms with E-state index in [2.05, 4.69) is 48.5 Å². The van der Waals surface area contributed by atoms with Gasteiger partial charge in [-0.15, -0.1) is 11.3 Å². The Bertz CT molecular complexity index is 3480. The molecule has 0 amide bonds. The summed E-state index contributed by atoms with van der Waals surface area (Å²) in [5, 5.41) is 5.02. The van der Waals surface area contributed by atoms with Gasteiger partial charge >= 0.3 is 0 Å². The van der Waals surface area contributed by atoms with E-state index >= 15 is 0 Å². The molecule has 0 saturated carbocycles. The molecule has 0 atom stereocenters. The van der Waals surface area contributed by atoms with Crippen LogP contribution in [0.15, 0.2) is 173 Å². The van der Waals surface area contributed by atoms with Gasteiger partial charge in [0, 0.05) is 59.4 Å². The first-order valence-corrected chi connectivity index (χ1v) is 19.5. The minimum atomic E-state index is 0.557. The first kappa shape index (κ1) is 31.8. The molecule has 12 aromatic rings. The van der Waals surface area contributed by atoms with Gasteiger partial charge in [0.05, 0.1) is 15.9 Å². The fourth-order valence-electron chi connectivity index (χ4n) is 7.95. The van der Waals surface area contributed by atoms with E-state index in [1.165, 1.54) is 0 Å². The highest BCUT2D eigenvalue weighted by molar-refractivity contribution is 7.26. The van der Waals surface area contributed by atoms with Crippen LogP contribution in [0.25, 0.3) is 121 Å². The summed E-state index contributed by atoms with van der Waals surface area (Å²) in [7, 11) is 0. The van der Waals surface area contributed by atoms with Crippen LogP contribution in [0.1, 0.15) is 0 Å². The van der Waals surface area contributed by atoms with E-state index in [0.29, 0.717) is 23.3 Å². The number of fused-ring (bicyclic) bond motifs is 9. The molecule has 5 aromatic heterocycles. The molecule has 12 rings (SSSR count). The SMILES string of the molecule is c1ccc(-c2nc(-c3ccccc3)nc(-c3cccc4oc5cccc(-c6nc(-c7ccc8oc9ccccc9c8c7)nc7c6sc6ccccc67)c5c34)n2)cc1. The third-order valence-electron chi connectivity index (χ3n) is 10.6. The van der Waals surface area contributed by atoms with Gasteiger partial charge in [-0.3, -0.25) is 0 Å². The molecule has 57 heavy (non-hydrogen) atoms. The van der Waals surface area contributed by atoms with Crippen LogP contribution in [-0.4, -0.2) is 24.9 Å². The average molecular weight is 750 g/mol. The van der Waals surface area contributed by atoms with E-state index in [1.807, 2.05) is 115 Å². The Balaban J connectivity index is 1.14. The van der Waals surface area contributed by atoms with E-state index in [-0.39, 0.29) is 0 Å². The van der Waals surface area contributed by atoms with Crippen molar-refractivity contribution >= 4 is 75.5 Å². The third-order valence-corrected chi connectivity index (χ3v) is 11.7. The van der Waals surface area contributed by atoms with Crippen molar-refractivity contribution in [3.63, 3.8) is 0 Å². The number of thiophene rings is 1. The Hall–Kier alpha value is -7.55. The molecule has 0 aliphatic heterocycles. The lowest BCUT2D eigenvalue weighted by Crippen LogP contribution is -2.00. The minimum absolute atomic E-state index is 0.557. The van der Waals surface area contributed by atoms with Crippen molar-refractivity contribution in [3.05, 3.63) is 164 Å². The molecule has 8 heteroatoms. The topological polar surface area (TPSA) is 90.7 Å². The highest BCUT2D eigenvalue weighted by atomic mass is 32.1. The van der Waals surface area contributed by atoms with Gasteiger partial charge in [-0.25, -0.2) is 24.9 Å². The Kier molecular flexibility index (Phi) is 6.96. The number of aromatic nitrogens is 5. The van der Waals surface area contributed by atoms with Gasteiger partial charge in [-0.05, 0) is 42.5 Å². The summed E-state index contributed by atoms with van der Waals surface area (Å²) in [6.07, 6.45) is 0. The predicted octanol–water partition coefficient (Wildman–Crippen LogP) is 13.2. The fourth-order valence-corrected chi connectivity index (χ4v) is 9.09. The molecule has 0 fully saturated rings. The van der Waals surface area contributed by atoms with Crippen molar-refractivity contribution in [1.29, 1.82) is 0 Å². The molecule has 0 unspecified atom stereocenters. The highest BCUT2D eigenvalue weighted by Crippen LogP contribution is 2.45. The summed E-state index contributed by atoms with van der Waals surface area (Å²) in [5.41, 5.74) is 9.41. The molecule has 0 spiro atoms. The lowest BCUT2D eigenvalue weighted by molar-refractivity contribution is 0.668. The molecule has 5 heterocycles. The number of benzene rings is 7. The Morgan fingerprint density at radius 2 is 0.930 bits per heavy atom. The van der Waals surface area contributed by atoms with Gasteiger partial charge in [-0.2, -0.15) is 0 Å². The van der Waals surface area contributed by atoms with E-state index in [0.717, 1.165) is 97.7 Å². The Morgan fingerprint density at radius 1 is 0.368 bits per heavy atom. The first-order valence-electron chi connectivity index (χ1n) is 18.7. The van der Waals surface area contributed by atoms with Gasteiger partial charge in [0.15, 0.2) is 23.3 Å². The predicted molar refractivity (Wildman–Crippen MR) is 230 cm³/mol. The number of hydrogen-bond acceptors (Lipinski definition) is 8. The zero-order valence-electron chi connectivity index (χ0n) is 30.0. The summed E-state index contributed by atoms with van der Waals surface area (Å²) < 4.78 is 15.0. The summed E-state index contributed by atoms with van der Waals surface area (Å²) in [6, 6.07) is 55.1. The largest absolute Gasteiger partial charge is 0.456 e. The van der Waals surface area contributed by atoms with Crippen LogP contribution >= 0.6 is 11.3 Å². The van der Waals surface area contributed by atoms with Gasteiger partial charge in [0.2, 0.25) is 0 Å². The number of para-hydroxylation sites is 1. The highest BCUT2D eigenvalue weighted by Gasteiger charge is 2.24. The van der Waals surface area contributed by atoms with Crippen molar-refractivity contribution in [1.82, 2.24) is 24.9 Å². The maximum absolute atomic E-state index is 6.65. The van der Waals surface area contributed by atoms with Crippen LogP contribution < -0.4 is 0 Å². The van der Waals surface area contributed by atoms with Crippen LogP contribution in [0.2, 0.25) is 0 Å². The molecule has 0 aliphatic carbocycles. The normalized spacial score (nSPS) is 11.9. The zero-order chi connectivity index (χ0) is 37.5. The van der Waals surface area contributed by atoms with Crippen molar-refractivity contribution in [2.45, 2.75) is 0 Å². The summed E-state index contributed by atoms with van der Waals surface area (Å²) in [4.78, 5) is 25.9. The maximum Gasteiger partial charge on any atom is 0.164 e. The number of nitrogens with zero attached hydrogens (tertiary/aromatic N) is 5. The van der Waals surface area contributed by atoms with E-state index < -0.39 is 0 Å². The van der Waals surface area contributed by atoms with Gasteiger partial charge in [0.25, 0.3) is 0 Å². The van der Waals surface area contributed by atoms with E-state index in [1.54, 1.807) is 11.3 Å². The molecule has 0 N–H and O–H groups in total. The maximum atomic E-state index is 6.65. The van der Waals surface area contributed by atoms with Crippen LogP contribution in [0, 0.1) is 0 Å². The molecular weight excluding hydrogens is 723 g/mol. The molecule has 0 bridgehead atoms. The zero-order valence-corrected chi connectivity index (χ0v) is 30.9. The molecule has 7 nitrogen and oxygen atoms in total. The summed E-state index contributed by atoms with van der Waals surface area (Å²) in [6.45, 7) is 0. The molecule has 0 radical (unpaired) electrons. The van der Waals surface area contributed by atoms with Gasteiger partial charge < -0.3 is 8.83 Å². The van der Waals surface area contributed by atoms with Crippen LogP contribution in [0.3, 0.4) is 0 Å². The van der Waals surface area contributed by atoms with E-state index in [9.17, 15) is 0 Å². The van der Waals surface area contributed by atoms with Crippen molar-refractivity contribution in [2.75, 3.05) is 0 Å². The second kappa shape index (κ2) is 12.5. The van der Waals surface area contributed by atoms with Crippen LogP contribution in [0.5, 0.6) is 0 Å². The minimum Gasteiger partial charge on any atom is -0.456 e. The Morgan fingerprint density at radius 3 is 1.68 bits per heavy atom. The van der Waals surface area contributed by atoms with Crippen molar-refractivity contribution in [2.24, 2.45) is 0 Å². The summed E-state index contributed by atoms with van der Waals surface area (Å²) >= 11 is 1.71. The standard InChI is InChI=1S/C49H27N5O2S/c1-3-13-28(14-4-1)46-52-47(29-15-5-2-6-16-29)54-49(53-46)34-20-12-23-39-42(34)41-33(19-11-22-38(41)56-39)44-45-43(32-18-8-10-24-40(32)57-45)50-48(51-44)30-25-26-37-35(27-30)31-17-7-9-21-36(31)55-37/h1-27H. The summed E-state index contributed by atoms with van der Waals surface area (Å²) in [5.74, 6) is 2.39. The third kappa shape index (κ3) is 5.08. The molecule has 266 valence electrons. The lowest BCUT2D eigenvalue weighted by atomic mass is 9.99. The van der Waals surface area contributed by atoms with Crippen LogP contribution in [0.4, 0.5) is 0 Å². The molecule has 7 aromatic carbocycles. The Labute approximate surface area is 328 Å². The number of rotatable bonds is 5. The van der Waals surface area contributed by atoms with Gasteiger partial charge in [-0.1, -0.05) is 121 Å². The average Bonchev–Trinajstić information content (AvgIpc) is 3.98. The first-order chi connectivity index (χ1) is 28.2. The second-order valence-electron chi connectivity index (χ2n) is 14.0. The lowest BCUT2D eigenvalue weighted by Gasteiger charge is -2.11. The number of hydrogen-bond donors (Lipinski definition) is 0. The second-order valence-corrected chi connectivity index (χ2v) is 15.0. The smallest absolute Gasteiger partial charge is 0.164 e. The van der Waals surface area contributed by atoms with Crippen LogP contribution in [-0.2, 0) is 0 Å². The fraction of sp³-hybridized carbons (Fsp3) is 0. The molecule has 0 aliphatic rings. The monoisotopic (exact) mass is 749 g/mol. The molecular formula is C49H27N5O2S. The van der Waals surface area contributed by atoms with Crippen molar-refractivity contribution < 1.29 is 8.83 Å². The number of furan rings is 2.